The summed E-state index contributed by atoms with van der Waals surface area (Å²) >= 11 is 1.54. The summed E-state index contributed by atoms with van der Waals surface area (Å²) < 4.78 is 13.2. The standard InChI is InChI=1S/C25H27N2O4S/c1-18-6-8-19(9-7-18)16-22-24(29)27(20-4-2-3-5-21(20)32-22)17-23(28)26-12-10-25(11-13-26)30-14-15-31-25/h2-9,16,21H,10-15,17H2,1H3/q+1/b22-16+. The summed E-state index contributed by atoms with van der Waals surface area (Å²) in [6.07, 6.45) is 11.2. The topological polar surface area (TPSA) is 58.9 Å². The minimum Gasteiger partial charge on any atom is -0.347 e. The molecule has 1 aromatic rings. The van der Waals surface area contributed by atoms with E-state index in [2.05, 4.69) is 6.08 Å². The predicted molar refractivity (Wildman–Crippen MR) is 124 cm³/mol. The van der Waals surface area contributed by atoms with Gasteiger partial charge < -0.3 is 14.4 Å². The van der Waals surface area contributed by atoms with Crippen molar-refractivity contribution in [3.05, 3.63) is 64.6 Å². The average molecular weight is 452 g/mol. The molecule has 3 aliphatic heterocycles. The Bertz CT molecular complexity index is 1040. The number of amides is 2. The molecular formula is C25H27N2O4S+. The number of aryl methyl sites for hydroxylation is 1. The number of allylic oxidation sites excluding steroid dienone is 3. The fourth-order valence-corrected chi connectivity index (χ4v) is 5.67. The summed E-state index contributed by atoms with van der Waals surface area (Å²) in [5.41, 5.74) is 3.02. The summed E-state index contributed by atoms with van der Waals surface area (Å²) in [6, 6.07) is 8.09. The van der Waals surface area contributed by atoms with Gasteiger partial charge in [0.2, 0.25) is 12.3 Å². The van der Waals surface area contributed by atoms with Crippen LogP contribution in [0.15, 0.2) is 53.5 Å². The summed E-state index contributed by atoms with van der Waals surface area (Å²) in [6.45, 7) is 4.47. The van der Waals surface area contributed by atoms with E-state index in [0.29, 0.717) is 44.1 Å². The number of hydrogen-bond donors (Lipinski definition) is 0. The van der Waals surface area contributed by atoms with Crippen molar-refractivity contribution in [2.75, 3.05) is 32.8 Å². The van der Waals surface area contributed by atoms with Gasteiger partial charge in [0.25, 0.3) is 5.91 Å². The van der Waals surface area contributed by atoms with E-state index in [1.165, 1.54) is 17.3 Å². The number of thioether (sulfide) groups is 1. The molecule has 1 unspecified atom stereocenters. The molecule has 1 spiro atoms. The fourth-order valence-electron chi connectivity index (χ4n) is 4.48. The molecule has 3 heterocycles. The van der Waals surface area contributed by atoms with Gasteiger partial charge in [0.15, 0.2) is 5.79 Å². The van der Waals surface area contributed by atoms with Crippen molar-refractivity contribution in [1.29, 1.82) is 0 Å². The van der Waals surface area contributed by atoms with Crippen LogP contribution in [0.5, 0.6) is 0 Å². The van der Waals surface area contributed by atoms with Crippen LogP contribution in [0, 0.1) is 6.92 Å². The molecule has 0 bridgehead atoms. The predicted octanol–water partition coefficient (Wildman–Crippen LogP) is 2.92. The van der Waals surface area contributed by atoms with E-state index in [1.54, 1.807) is 4.58 Å². The molecule has 5 rings (SSSR count). The Kier molecular flexibility index (Phi) is 5.88. The second-order valence-electron chi connectivity index (χ2n) is 8.51. The molecule has 0 radical (unpaired) electrons. The lowest BCUT2D eigenvalue weighted by Gasteiger charge is -2.37. The second kappa shape index (κ2) is 8.81. The van der Waals surface area contributed by atoms with Gasteiger partial charge in [0.1, 0.15) is 10.2 Å². The van der Waals surface area contributed by atoms with Crippen molar-refractivity contribution in [3.63, 3.8) is 0 Å². The summed E-state index contributed by atoms with van der Waals surface area (Å²) in [5, 5.41) is 0.0205. The minimum absolute atomic E-state index is 0.0205. The number of nitrogens with zero attached hydrogens (tertiary/aromatic N) is 2. The van der Waals surface area contributed by atoms with E-state index in [0.717, 1.165) is 11.3 Å². The van der Waals surface area contributed by atoms with E-state index >= 15 is 0 Å². The van der Waals surface area contributed by atoms with Crippen molar-refractivity contribution in [2.45, 2.75) is 30.8 Å². The Labute approximate surface area is 192 Å². The zero-order valence-corrected chi connectivity index (χ0v) is 19.0. The molecule has 4 aliphatic rings. The third kappa shape index (κ3) is 4.25. The largest absolute Gasteiger partial charge is 0.426 e. The molecule has 2 saturated heterocycles. The molecule has 1 aromatic carbocycles. The molecule has 1 atom stereocenters. The number of carbonyl (C=O) groups excluding carboxylic acids is 2. The number of benzene rings is 1. The average Bonchev–Trinajstić information content (AvgIpc) is 3.26. The highest BCUT2D eigenvalue weighted by Crippen LogP contribution is 2.34. The Morgan fingerprint density at radius 3 is 2.62 bits per heavy atom. The number of ether oxygens (including phenoxy) is 2. The van der Waals surface area contributed by atoms with Crippen molar-refractivity contribution in [1.82, 2.24) is 4.90 Å². The zero-order valence-electron chi connectivity index (χ0n) is 18.2. The first kappa shape index (κ1) is 21.4. The Hall–Kier alpha value is -2.48. The van der Waals surface area contributed by atoms with Crippen LogP contribution < -0.4 is 0 Å². The molecule has 2 amide bonds. The third-order valence-corrected chi connectivity index (χ3v) is 7.54. The van der Waals surface area contributed by atoms with Crippen LogP contribution in [-0.2, 0) is 19.1 Å². The molecule has 7 heteroatoms. The lowest BCUT2D eigenvalue weighted by molar-refractivity contribution is -0.435. The number of hydrogen-bond acceptors (Lipinski definition) is 5. The van der Waals surface area contributed by atoms with Gasteiger partial charge in [0.05, 0.1) is 13.2 Å². The normalized spacial score (nSPS) is 25.7. The summed E-state index contributed by atoms with van der Waals surface area (Å²) in [7, 11) is 0. The molecule has 0 saturated carbocycles. The lowest BCUT2D eigenvalue weighted by Crippen LogP contribution is -2.50. The molecule has 6 nitrogen and oxygen atoms in total. The van der Waals surface area contributed by atoms with Gasteiger partial charge in [-0.05, 0) is 18.6 Å². The highest BCUT2D eigenvalue weighted by Gasteiger charge is 2.43. The number of likely N-dealkylation sites (tertiary alicyclic amines) is 1. The molecule has 2 fully saturated rings. The van der Waals surface area contributed by atoms with Gasteiger partial charge >= 0.3 is 5.91 Å². The van der Waals surface area contributed by atoms with Gasteiger partial charge in [-0.25, -0.2) is 4.79 Å². The molecular weight excluding hydrogens is 424 g/mol. The van der Waals surface area contributed by atoms with Crippen LogP contribution in [0.1, 0.15) is 24.0 Å². The first-order chi connectivity index (χ1) is 15.5. The van der Waals surface area contributed by atoms with Crippen molar-refractivity contribution < 1.29 is 23.6 Å². The zero-order chi connectivity index (χ0) is 22.1. The maximum absolute atomic E-state index is 13.4. The van der Waals surface area contributed by atoms with E-state index in [1.807, 2.05) is 60.4 Å². The van der Waals surface area contributed by atoms with Gasteiger partial charge in [-0.3, -0.25) is 4.79 Å². The van der Waals surface area contributed by atoms with E-state index in [9.17, 15) is 9.59 Å². The van der Waals surface area contributed by atoms with Crippen molar-refractivity contribution >= 4 is 35.4 Å². The quantitative estimate of drug-likeness (QED) is 0.523. The monoisotopic (exact) mass is 451 g/mol. The number of fused-ring (bicyclic) bond motifs is 1. The fraction of sp³-hybridized carbons (Fsp3) is 0.400. The first-order valence-corrected chi connectivity index (χ1v) is 12.0. The van der Waals surface area contributed by atoms with Gasteiger partial charge in [0, 0.05) is 32.0 Å². The lowest BCUT2D eigenvalue weighted by atomic mass is 10.0. The number of piperidine rings is 1. The first-order valence-electron chi connectivity index (χ1n) is 11.1. The van der Waals surface area contributed by atoms with Crippen molar-refractivity contribution in [2.24, 2.45) is 0 Å². The molecule has 0 N–H and O–H groups in total. The SMILES string of the molecule is Cc1ccc(/C=C2/SC3C=CC=CC3=[N+](CC(=O)N3CCC4(CC3)OCCO4)C2=O)cc1. The number of carbonyl (C=O) groups is 2. The van der Waals surface area contributed by atoms with Crippen LogP contribution in [-0.4, -0.2) is 70.9 Å². The molecule has 0 aromatic heterocycles. The maximum atomic E-state index is 13.4. The van der Waals surface area contributed by atoms with Gasteiger partial charge in [-0.2, -0.15) is 0 Å². The third-order valence-electron chi connectivity index (χ3n) is 6.34. The molecule has 32 heavy (non-hydrogen) atoms. The van der Waals surface area contributed by atoms with E-state index in [4.69, 9.17) is 9.47 Å². The maximum Gasteiger partial charge on any atom is 0.426 e. The molecule has 166 valence electrons. The minimum atomic E-state index is -0.519. The van der Waals surface area contributed by atoms with Crippen LogP contribution in [0.25, 0.3) is 6.08 Å². The van der Waals surface area contributed by atoms with E-state index in [-0.39, 0.29) is 23.6 Å². The van der Waals surface area contributed by atoms with Gasteiger partial charge in [-0.1, -0.05) is 59.8 Å². The van der Waals surface area contributed by atoms with Crippen LogP contribution in [0.4, 0.5) is 0 Å². The van der Waals surface area contributed by atoms with Crippen LogP contribution in [0.2, 0.25) is 0 Å². The van der Waals surface area contributed by atoms with E-state index < -0.39 is 5.79 Å². The highest BCUT2D eigenvalue weighted by atomic mass is 32.2. The second-order valence-corrected chi connectivity index (χ2v) is 9.69. The number of rotatable bonds is 3. The smallest absolute Gasteiger partial charge is 0.347 e. The highest BCUT2D eigenvalue weighted by molar-refractivity contribution is 8.05. The van der Waals surface area contributed by atoms with Crippen LogP contribution in [0.3, 0.4) is 0 Å². The van der Waals surface area contributed by atoms with Crippen LogP contribution >= 0.6 is 11.8 Å². The molecule has 1 aliphatic carbocycles. The summed E-state index contributed by atoms with van der Waals surface area (Å²) in [4.78, 5) is 29.1. The van der Waals surface area contributed by atoms with Crippen molar-refractivity contribution in [3.8, 4) is 0 Å². The van der Waals surface area contributed by atoms with Gasteiger partial charge in [-0.15, -0.1) is 4.58 Å². The summed E-state index contributed by atoms with van der Waals surface area (Å²) in [5.74, 6) is -0.678. The Morgan fingerprint density at radius 2 is 1.91 bits per heavy atom. The Balaban J connectivity index is 1.36. The Morgan fingerprint density at radius 1 is 1.19 bits per heavy atom.